The number of hydrogen-bond acceptors (Lipinski definition) is 7. The second kappa shape index (κ2) is 10.9. The number of nitrogens with one attached hydrogen (secondary N) is 1. The standard InChI is InChI=1S/C33H35N3O6/c1-7-41-25-14-11-20(16-21(25)33(4,5)6)29(38)27-28(19-10-13-24(37)26(17-19)42-8-2)36(31(40)30(27)39)32-34-22-12-9-18(3)15-23(22)35-32/h9-17,28,37-38H,7-8H2,1-6H3,(H,34,35)/b29-27+. The first-order chi connectivity index (χ1) is 19.9. The number of anilines is 1. The minimum Gasteiger partial charge on any atom is -0.507 e. The maximum atomic E-state index is 13.7. The summed E-state index contributed by atoms with van der Waals surface area (Å²) >= 11 is 0. The van der Waals surface area contributed by atoms with Crippen LogP contribution in [-0.2, 0) is 15.0 Å². The van der Waals surface area contributed by atoms with Crippen LogP contribution in [0.4, 0.5) is 5.95 Å². The largest absolute Gasteiger partial charge is 0.507 e. The lowest BCUT2D eigenvalue weighted by molar-refractivity contribution is -0.132. The zero-order chi connectivity index (χ0) is 30.3. The van der Waals surface area contributed by atoms with Crippen molar-refractivity contribution in [2.75, 3.05) is 18.1 Å². The summed E-state index contributed by atoms with van der Waals surface area (Å²) in [5, 5.41) is 22.1. The molecule has 0 spiro atoms. The summed E-state index contributed by atoms with van der Waals surface area (Å²) in [6.07, 6.45) is 0. The van der Waals surface area contributed by atoms with Gasteiger partial charge in [0.05, 0.1) is 35.9 Å². The van der Waals surface area contributed by atoms with Crippen molar-refractivity contribution >= 4 is 34.4 Å². The Morgan fingerprint density at radius 3 is 2.38 bits per heavy atom. The van der Waals surface area contributed by atoms with Crippen molar-refractivity contribution in [2.45, 2.75) is 53.0 Å². The van der Waals surface area contributed by atoms with Crippen molar-refractivity contribution in [3.63, 3.8) is 0 Å². The Bertz CT molecular complexity index is 1730. The fraction of sp³-hybridized carbons (Fsp3) is 0.303. The Labute approximate surface area is 244 Å². The molecule has 0 radical (unpaired) electrons. The molecule has 3 aromatic carbocycles. The van der Waals surface area contributed by atoms with E-state index < -0.39 is 17.7 Å². The number of ether oxygens (including phenoxy) is 2. The number of aromatic nitrogens is 2. The lowest BCUT2D eigenvalue weighted by Crippen LogP contribution is -2.30. The highest BCUT2D eigenvalue weighted by Gasteiger charge is 2.48. The Hall–Kier alpha value is -4.79. The Morgan fingerprint density at radius 1 is 0.976 bits per heavy atom. The van der Waals surface area contributed by atoms with Gasteiger partial charge in [-0.05, 0) is 79.8 Å². The Kier molecular flexibility index (Phi) is 7.45. The number of carbonyl (C=O) groups excluding carboxylic acids is 2. The number of aromatic hydroxyl groups is 1. The summed E-state index contributed by atoms with van der Waals surface area (Å²) in [7, 11) is 0. The molecule has 0 saturated carbocycles. The number of phenols is 1. The third kappa shape index (κ3) is 5.06. The number of hydrogen-bond donors (Lipinski definition) is 3. The summed E-state index contributed by atoms with van der Waals surface area (Å²) in [4.78, 5) is 36.5. The van der Waals surface area contributed by atoms with Gasteiger partial charge in [0.2, 0.25) is 5.95 Å². The minimum absolute atomic E-state index is 0.0851. The van der Waals surface area contributed by atoms with Gasteiger partial charge >= 0.3 is 5.91 Å². The normalized spacial score (nSPS) is 16.8. The molecule has 0 bridgehead atoms. The van der Waals surface area contributed by atoms with Crippen LogP contribution in [0.1, 0.15) is 62.9 Å². The van der Waals surface area contributed by atoms with Gasteiger partial charge in [0.25, 0.3) is 5.78 Å². The molecular formula is C33H35N3O6. The van der Waals surface area contributed by atoms with Gasteiger partial charge in [0.15, 0.2) is 11.5 Å². The summed E-state index contributed by atoms with van der Waals surface area (Å²) in [6.45, 7) is 12.5. The minimum atomic E-state index is -1.06. The van der Waals surface area contributed by atoms with Gasteiger partial charge in [0.1, 0.15) is 11.5 Å². The van der Waals surface area contributed by atoms with Crippen LogP contribution in [0.3, 0.4) is 0 Å². The maximum Gasteiger partial charge on any atom is 0.302 e. The summed E-state index contributed by atoms with van der Waals surface area (Å²) < 4.78 is 11.4. The predicted molar refractivity (Wildman–Crippen MR) is 161 cm³/mol. The first-order valence-corrected chi connectivity index (χ1v) is 13.9. The molecule has 1 aliphatic rings. The average molecular weight is 570 g/mol. The molecule has 1 fully saturated rings. The number of imidazole rings is 1. The molecule has 5 rings (SSSR count). The highest BCUT2D eigenvalue weighted by molar-refractivity contribution is 6.51. The fourth-order valence-electron chi connectivity index (χ4n) is 5.26. The van der Waals surface area contributed by atoms with Crippen molar-refractivity contribution in [3.05, 3.63) is 82.4 Å². The van der Waals surface area contributed by atoms with Crippen LogP contribution in [0.15, 0.2) is 60.2 Å². The Morgan fingerprint density at radius 2 is 1.69 bits per heavy atom. The number of aliphatic hydroxyl groups excluding tert-OH is 1. The van der Waals surface area contributed by atoms with Gasteiger partial charge < -0.3 is 24.7 Å². The Balaban J connectivity index is 1.75. The van der Waals surface area contributed by atoms with Crippen LogP contribution in [0.2, 0.25) is 0 Å². The quantitative estimate of drug-likeness (QED) is 0.136. The van der Waals surface area contributed by atoms with E-state index in [1.54, 1.807) is 37.3 Å². The molecule has 2 heterocycles. The topological polar surface area (TPSA) is 125 Å². The number of Topliss-reactive ketones (excluding diaryl/α,β-unsaturated/α-hetero) is 1. The number of carbonyl (C=O) groups is 2. The first kappa shape index (κ1) is 28.7. The zero-order valence-electron chi connectivity index (χ0n) is 24.6. The molecule has 1 aromatic heterocycles. The van der Waals surface area contributed by atoms with Gasteiger partial charge in [-0.15, -0.1) is 0 Å². The summed E-state index contributed by atoms with van der Waals surface area (Å²) in [6, 6.07) is 14.4. The number of nitrogens with zero attached hydrogens (tertiary/aromatic N) is 2. The number of rotatable bonds is 7. The van der Waals surface area contributed by atoms with Crippen LogP contribution >= 0.6 is 0 Å². The van der Waals surface area contributed by atoms with Gasteiger partial charge in [-0.2, -0.15) is 0 Å². The van der Waals surface area contributed by atoms with E-state index in [1.807, 2.05) is 52.8 Å². The molecule has 218 valence electrons. The van der Waals surface area contributed by atoms with Crippen molar-refractivity contribution in [1.82, 2.24) is 9.97 Å². The van der Waals surface area contributed by atoms with Crippen LogP contribution in [0.25, 0.3) is 16.8 Å². The lowest BCUT2D eigenvalue weighted by Gasteiger charge is -2.25. The zero-order valence-corrected chi connectivity index (χ0v) is 24.6. The number of aliphatic hydroxyl groups is 1. The van der Waals surface area contributed by atoms with Crippen LogP contribution < -0.4 is 14.4 Å². The molecule has 1 atom stereocenters. The number of amides is 1. The van der Waals surface area contributed by atoms with Gasteiger partial charge in [0, 0.05) is 11.1 Å². The number of H-pyrrole nitrogens is 1. The van der Waals surface area contributed by atoms with Gasteiger partial charge in [-0.3, -0.25) is 14.5 Å². The molecule has 9 heteroatoms. The number of phenolic OH excluding ortho intramolecular Hbond substituents is 1. The molecule has 0 aliphatic carbocycles. The molecule has 1 saturated heterocycles. The SMILES string of the molecule is CCOc1cc(C2/C(=C(\O)c3ccc(OCC)c(C(C)(C)C)c3)C(=O)C(=O)N2c2nc3ccc(C)cc3[nH]2)ccc1O. The smallest absolute Gasteiger partial charge is 0.302 e. The van der Waals surface area contributed by atoms with Gasteiger partial charge in [-0.1, -0.05) is 32.9 Å². The number of fused-ring (bicyclic) bond motifs is 1. The van der Waals surface area contributed by atoms with E-state index in [4.69, 9.17) is 9.47 Å². The molecular weight excluding hydrogens is 534 g/mol. The van der Waals surface area contributed by atoms with Crippen molar-refractivity contribution in [1.29, 1.82) is 0 Å². The third-order valence-electron chi connectivity index (χ3n) is 7.26. The summed E-state index contributed by atoms with van der Waals surface area (Å²) in [5.74, 6) is -1.08. The number of ketones is 1. The molecule has 42 heavy (non-hydrogen) atoms. The first-order valence-electron chi connectivity index (χ1n) is 13.9. The third-order valence-corrected chi connectivity index (χ3v) is 7.26. The maximum absolute atomic E-state index is 13.7. The highest BCUT2D eigenvalue weighted by Crippen LogP contribution is 2.44. The van der Waals surface area contributed by atoms with E-state index in [2.05, 4.69) is 9.97 Å². The fourth-order valence-corrected chi connectivity index (χ4v) is 5.26. The molecule has 1 unspecified atom stereocenters. The van der Waals surface area contributed by atoms with E-state index in [-0.39, 0.29) is 34.2 Å². The van der Waals surface area contributed by atoms with E-state index in [0.29, 0.717) is 41.1 Å². The van der Waals surface area contributed by atoms with Crippen LogP contribution in [-0.4, -0.2) is 45.1 Å². The molecule has 3 N–H and O–H groups in total. The second-order valence-electron chi connectivity index (χ2n) is 11.3. The summed E-state index contributed by atoms with van der Waals surface area (Å²) in [5.41, 5.74) is 3.56. The highest BCUT2D eigenvalue weighted by atomic mass is 16.5. The van der Waals surface area contributed by atoms with Crippen LogP contribution in [0.5, 0.6) is 17.2 Å². The molecule has 1 aliphatic heterocycles. The number of aryl methyl sites for hydroxylation is 1. The van der Waals surface area contributed by atoms with E-state index in [1.165, 1.54) is 11.0 Å². The number of benzene rings is 3. The average Bonchev–Trinajstić information content (AvgIpc) is 3.47. The van der Waals surface area contributed by atoms with Gasteiger partial charge in [-0.25, -0.2) is 4.98 Å². The molecule has 9 nitrogen and oxygen atoms in total. The lowest BCUT2D eigenvalue weighted by atomic mass is 9.84. The van der Waals surface area contributed by atoms with E-state index >= 15 is 0 Å². The van der Waals surface area contributed by atoms with Crippen LogP contribution in [0, 0.1) is 6.92 Å². The van der Waals surface area contributed by atoms with Crippen molar-refractivity contribution in [2.24, 2.45) is 0 Å². The van der Waals surface area contributed by atoms with Crippen molar-refractivity contribution in [3.8, 4) is 17.2 Å². The van der Waals surface area contributed by atoms with Crippen molar-refractivity contribution < 1.29 is 29.3 Å². The molecule has 1 amide bonds. The predicted octanol–water partition coefficient (Wildman–Crippen LogP) is 6.30. The number of aromatic amines is 1. The second-order valence-corrected chi connectivity index (χ2v) is 11.3. The monoisotopic (exact) mass is 569 g/mol. The van der Waals surface area contributed by atoms with E-state index in [0.717, 1.165) is 11.1 Å². The molecule has 4 aromatic rings. The van der Waals surface area contributed by atoms with E-state index in [9.17, 15) is 19.8 Å².